The highest BCUT2D eigenvalue weighted by Crippen LogP contribution is 1.93. The Hall–Kier alpha value is 0.0569. The van der Waals surface area contributed by atoms with Gasteiger partial charge in [-0.15, -0.1) is 0 Å². The number of hydrogen-bond donors (Lipinski definition) is 0. The molecule has 0 aliphatic heterocycles. The molecule has 0 spiro atoms. The number of unbranched alkanes of at least 4 members (excludes halogenated alkanes) is 2. The summed E-state index contributed by atoms with van der Waals surface area (Å²) in [6.07, 6.45) is 3.63. The monoisotopic (exact) mass is 262 g/mol. The summed E-state index contributed by atoms with van der Waals surface area (Å²) in [5, 5.41) is 0. The lowest BCUT2D eigenvalue weighted by atomic mass is 10.3. The second kappa shape index (κ2) is 16.1. The molecule has 4 nitrogen and oxygen atoms in total. The minimum atomic E-state index is 0.541. The Bertz CT molecular complexity index is 122. The van der Waals surface area contributed by atoms with E-state index < -0.39 is 0 Å². The zero-order chi connectivity index (χ0) is 12.6. The van der Waals surface area contributed by atoms with Crippen LogP contribution in [0.1, 0.15) is 26.2 Å². The van der Waals surface area contributed by atoms with Crippen molar-refractivity contribution in [2.45, 2.75) is 32.7 Å². The van der Waals surface area contributed by atoms with Gasteiger partial charge in [0.25, 0.3) is 0 Å². The Morgan fingerprint density at radius 3 is 1.76 bits per heavy atom. The molecule has 0 aliphatic rings. The molecule has 5 heteroatoms. The van der Waals surface area contributed by atoms with Crippen molar-refractivity contribution in [3.8, 4) is 0 Å². The maximum atomic E-state index is 5.41. The first-order chi connectivity index (χ1) is 8.41. The maximum Gasteiger partial charge on any atom is 0.226 e. The molecule has 0 aromatic carbocycles. The van der Waals surface area contributed by atoms with Crippen molar-refractivity contribution in [3.05, 3.63) is 0 Å². The third-order valence-electron chi connectivity index (χ3n) is 2.11. The Morgan fingerprint density at radius 1 is 0.706 bits per heavy atom. The summed E-state index contributed by atoms with van der Waals surface area (Å²) in [5.41, 5.74) is 0. The van der Waals surface area contributed by atoms with Gasteiger partial charge in [-0.3, -0.25) is 0 Å². The highest BCUT2D eigenvalue weighted by molar-refractivity contribution is 6.24. The normalized spacial score (nSPS) is 10.9. The van der Waals surface area contributed by atoms with Crippen LogP contribution in [0.5, 0.6) is 0 Å². The van der Waals surface area contributed by atoms with Gasteiger partial charge in [-0.25, -0.2) is 0 Å². The van der Waals surface area contributed by atoms with Gasteiger partial charge in [0.05, 0.1) is 39.6 Å². The molecule has 0 amide bonds. The van der Waals surface area contributed by atoms with Crippen molar-refractivity contribution in [3.63, 3.8) is 0 Å². The lowest BCUT2D eigenvalue weighted by Gasteiger charge is -2.06. The Morgan fingerprint density at radius 2 is 1.24 bits per heavy atom. The molecule has 0 unspecified atom stereocenters. The summed E-state index contributed by atoms with van der Waals surface area (Å²) < 4.78 is 21.2. The molecule has 0 bridgehead atoms. The summed E-state index contributed by atoms with van der Waals surface area (Å²) in [5.74, 6) is 0. The Labute approximate surface area is 108 Å². The molecule has 0 atom stereocenters. The van der Waals surface area contributed by atoms with Crippen LogP contribution in [0.4, 0.5) is 0 Å². The van der Waals surface area contributed by atoms with E-state index in [0.29, 0.717) is 49.4 Å². The molecule has 0 heterocycles. The molecule has 0 saturated heterocycles. The molecule has 0 saturated carbocycles. The molecular weight excluding hydrogens is 236 g/mol. The number of rotatable bonds is 14. The molecule has 0 N–H and O–H groups in total. The van der Waals surface area contributed by atoms with Gasteiger partial charge >= 0.3 is 0 Å². The first-order valence-corrected chi connectivity index (χ1v) is 7.84. The Balaban J connectivity index is 2.85. The van der Waals surface area contributed by atoms with Crippen LogP contribution in [0.15, 0.2) is 0 Å². The van der Waals surface area contributed by atoms with Gasteiger partial charge in [-0.2, -0.15) is 0 Å². The molecule has 0 rings (SSSR count). The van der Waals surface area contributed by atoms with Gasteiger partial charge in [0, 0.05) is 6.61 Å². The average Bonchev–Trinajstić information content (AvgIpc) is 2.35. The largest absolute Gasteiger partial charge is 0.415 e. The summed E-state index contributed by atoms with van der Waals surface area (Å²) in [6, 6.07) is 0. The van der Waals surface area contributed by atoms with Crippen LogP contribution < -0.4 is 0 Å². The van der Waals surface area contributed by atoms with E-state index in [-0.39, 0.29) is 0 Å². The van der Waals surface area contributed by atoms with Crippen molar-refractivity contribution in [2.75, 3.05) is 46.2 Å². The van der Waals surface area contributed by atoms with E-state index in [1.165, 1.54) is 12.8 Å². The zero-order valence-electron chi connectivity index (χ0n) is 11.2. The fourth-order valence-electron chi connectivity index (χ4n) is 1.20. The van der Waals surface area contributed by atoms with Gasteiger partial charge in [-0.05, 0) is 13.0 Å². The molecule has 0 aromatic heterocycles. The molecule has 2 radical (unpaired) electrons. The first-order valence-electron chi connectivity index (χ1n) is 6.43. The number of hydrogen-bond acceptors (Lipinski definition) is 4. The van der Waals surface area contributed by atoms with E-state index in [0.717, 1.165) is 13.0 Å². The highest BCUT2D eigenvalue weighted by Gasteiger charge is 1.92. The standard InChI is InChI=1S/C12H26O4Si/c1-3-4-5-6-13-7-8-14-9-10-15-11-12-16-17-2/h3-12H2,1-2H3. The zero-order valence-corrected chi connectivity index (χ0v) is 12.2. The van der Waals surface area contributed by atoms with Crippen molar-refractivity contribution >= 4 is 9.76 Å². The van der Waals surface area contributed by atoms with E-state index in [1.807, 2.05) is 6.55 Å². The van der Waals surface area contributed by atoms with Crippen molar-refractivity contribution in [2.24, 2.45) is 0 Å². The first kappa shape index (κ1) is 17.1. The van der Waals surface area contributed by atoms with E-state index >= 15 is 0 Å². The topological polar surface area (TPSA) is 36.9 Å². The third kappa shape index (κ3) is 16.1. The van der Waals surface area contributed by atoms with Crippen LogP contribution in [-0.2, 0) is 18.6 Å². The highest BCUT2D eigenvalue weighted by atomic mass is 28.2. The fourth-order valence-corrected chi connectivity index (χ4v) is 1.49. The molecular formula is C12H26O4Si. The number of ether oxygens (including phenoxy) is 3. The lowest BCUT2D eigenvalue weighted by Crippen LogP contribution is -2.12. The van der Waals surface area contributed by atoms with Crippen LogP contribution in [0, 0.1) is 0 Å². The lowest BCUT2D eigenvalue weighted by molar-refractivity contribution is 0.00901. The smallest absolute Gasteiger partial charge is 0.226 e. The van der Waals surface area contributed by atoms with Gasteiger partial charge in [-0.1, -0.05) is 19.8 Å². The second-order valence-electron chi connectivity index (χ2n) is 3.60. The van der Waals surface area contributed by atoms with Gasteiger partial charge in [0.2, 0.25) is 9.76 Å². The van der Waals surface area contributed by atoms with E-state index in [4.69, 9.17) is 18.6 Å². The molecule has 0 aromatic rings. The minimum Gasteiger partial charge on any atom is -0.415 e. The van der Waals surface area contributed by atoms with Crippen LogP contribution in [0.3, 0.4) is 0 Å². The van der Waals surface area contributed by atoms with Crippen molar-refractivity contribution < 1.29 is 18.6 Å². The van der Waals surface area contributed by atoms with E-state index in [9.17, 15) is 0 Å². The van der Waals surface area contributed by atoms with Gasteiger partial charge < -0.3 is 18.6 Å². The SMILES string of the molecule is CCCCCOCCOCCOCCO[Si]C. The van der Waals surface area contributed by atoms with Crippen LogP contribution in [0.2, 0.25) is 6.55 Å². The molecule has 0 fully saturated rings. The Kier molecular flexibility index (Phi) is 16.1. The van der Waals surface area contributed by atoms with Crippen molar-refractivity contribution in [1.29, 1.82) is 0 Å². The van der Waals surface area contributed by atoms with Gasteiger partial charge in [0.15, 0.2) is 0 Å². The summed E-state index contributed by atoms with van der Waals surface area (Å²) in [7, 11) is 0.541. The van der Waals surface area contributed by atoms with Crippen molar-refractivity contribution in [1.82, 2.24) is 0 Å². The van der Waals surface area contributed by atoms with Crippen LogP contribution >= 0.6 is 0 Å². The fraction of sp³-hybridized carbons (Fsp3) is 1.00. The predicted molar refractivity (Wildman–Crippen MR) is 69.6 cm³/mol. The molecule has 102 valence electrons. The quantitative estimate of drug-likeness (QED) is 0.354. The van der Waals surface area contributed by atoms with E-state index in [2.05, 4.69) is 6.92 Å². The summed E-state index contributed by atoms with van der Waals surface area (Å²) in [6.45, 7) is 8.97. The summed E-state index contributed by atoms with van der Waals surface area (Å²) >= 11 is 0. The van der Waals surface area contributed by atoms with E-state index in [1.54, 1.807) is 0 Å². The average molecular weight is 262 g/mol. The second-order valence-corrected chi connectivity index (χ2v) is 4.29. The maximum absolute atomic E-state index is 5.41. The van der Waals surface area contributed by atoms with Crippen LogP contribution in [0.25, 0.3) is 0 Å². The summed E-state index contributed by atoms with van der Waals surface area (Å²) in [4.78, 5) is 0. The molecule has 17 heavy (non-hydrogen) atoms. The minimum absolute atomic E-state index is 0.541. The molecule has 0 aliphatic carbocycles. The van der Waals surface area contributed by atoms with Gasteiger partial charge in [0.1, 0.15) is 0 Å². The third-order valence-corrected chi connectivity index (χ3v) is 2.60. The van der Waals surface area contributed by atoms with Crippen LogP contribution in [-0.4, -0.2) is 56.0 Å². The predicted octanol–water partition coefficient (Wildman–Crippen LogP) is 1.91.